The average Bonchev–Trinajstić information content (AvgIpc) is 3.60. The average molecular weight is 402 g/mol. The number of para-hydroxylation sites is 1. The van der Waals surface area contributed by atoms with Crippen LogP contribution in [0.1, 0.15) is 5.56 Å². The van der Waals surface area contributed by atoms with E-state index in [1.54, 1.807) is 36.3 Å². The van der Waals surface area contributed by atoms with Crippen LogP contribution in [0.2, 0.25) is 0 Å². The third-order valence-corrected chi connectivity index (χ3v) is 4.85. The quantitative estimate of drug-likeness (QED) is 0.613. The molecule has 2 amide bonds. The van der Waals surface area contributed by atoms with Crippen molar-refractivity contribution < 1.29 is 19.1 Å². The molecule has 1 aliphatic rings. The number of hydrogen-bond donors (Lipinski definition) is 1. The predicted molar refractivity (Wildman–Crippen MR) is 114 cm³/mol. The maximum absolute atomic E-state index is 13.2. The molecule has 0 radical (unpaired) electrons. The first kappa shape index (κ1) is 19.7. The highest BCUT2D eigenvalue weighted by Gasteiger charge is 2.52. The van der Waals surface area contributed by atoms with Crippen LogP contribution in [0.5, 0.6) is 5.75 Å². The van der Waals surface area contributed by atoms with Crippen molar-refractivity contribution in [2.24, 2.45) is 0 Å². The van der Waals surface area contributed by atoms with Crippen LogP contribution in [-0.2, 0) is 20.9 Å². The number of epoxide rings is 1. The molecule has 152 valence electrons. The summed E-state index contributed by atoms with van der Waals surface area (Å²) in [7, 11) is 1.56. The lowest BCUT2D eigenvalue weighted by Gasteiger charge is -2.22. The monoisotopic (exact) mass is 402 g/mol. The summed E-state index contributed by atoms with van der Waals surface area (Å²) in [6, 6.07) is 26.1. The SMILES string of the molecule is COc1cccc(NC(=O)[C@H]2O[C@@H]2C(=O)N(Cc2ccccc2)c2ccccc2)c1. The maximum atomic E-state index is 13.2. The number of ether oxygens (including phenoxy) is 2. The number of hydrogen-bond acceptors (Lipinski definition) is 4. The normalized spacial score (nSPS) is 17.1. The molecule has 1 saturated heterocycles. The van der Waals surface area contributed by atoms with Crippen molar-refractivity contribution in [1.29, 1.82) is 0 Å². The molecule has 1 N–H and O–H groups in total. The van der Waals surface area contributed by atoms with E-state index in [4.69, 9.17) is 9.47 Å². The lowest BCUT2D eigenvalue weighted by atomic mass is 10.1. The highest BCUT2D eigenvalue weighted by molar-refractivity contribution is 6.06. The zero-order chi connectivity index (χ0) is 20.9. The van der Waals surface area contributed by atoms with Crippen LogP contribution in [0.15, 0.2) is 84.9 Å². The van der Waals surface area contributed by atoms with Crippen molar-refractivity contribution in [3.63, 3.8) is 0 Å². The van der Waals surface area contributed by atoms with Crippen molar-refractivity contribution in [3.8, 4) is 5.75 Å². The van der Waals surface area contributed by atoms with Crippen LogP contribution in [0, 0.1) is 0 Å². The molecule has 4 rings (SSSR count). The fourth-order valence-corrected chi connectivity index (χ4v) is 3.24. The van der Waals surface area contributed by atoms with Gasteiger partial charge < -0.3 is 19.7 Å². The van der Waals surface area contributed by atoms with Gasteiger partial charge in [0.05, 0.1) is 13.7 Å². The first-order valence-corrected chi connectivity index (χ1v) is 9.66. The Bertz CT molecular complexity index is 1020. The molecule has 3 aromatic rings. The highest BCUT2D eigenvalue weighted by Crippen LogP contribution is 2.29. The molecule has 3 aromatic carbocycles. The number of nitrogens with zero attached hydrogens (tertiary/aromatic N) is 1. The van der Waals surface area contributed by atoms with Crippen molar-refractivity contribution >= 4 is 23.2 Å². The molecule has 1 fully saturated rings. The lowest BCUT2D eigenvalue weighted by Crippen LogP contribution is -2.36. The molecule has 2 atom stereocenters. The van der Waals surface area contributed by atoms with E-state index in [1.165, 1.54) is 0 Å². The second kappa shape index (κ2) is 8.80. The molecule has 0 spiro atoms. The lowest BCUT2D eigenvalue weighted by molar-refractivity contribution is -0.120. The highest BCUT2D eigenvalue weighted by atomic mass is 16.6. The summed E-state index contributed by atoms with van der Waals surface area (Å²) in [5.41, 5.74) is 2.34. The zero-order valence-electron chi connectivity index (χ0n) is 16.5. The Morgan fingerprint density at radius 3 is 2.33 bits per heavy atom. The van der Waals surface area contributed by atoms with E-state index < -0.39 is 12.2 Å². The largest absolute Gasteiger partial charge is 0.497 e. The number of nitrogens with one attached hydrogen (secondary N) is 1. The molecule has 0 saturated carbocycles. The van der Waals surface area contributed by atoms with Gasteiger partial charge in [-0.1, -0.05) is 54.6 Å². The third-order valence-electron chi connectivity index (χ3n) is 4.85. The van der Waals surface area contributed by atoms with Gasteiger partial charge >= 0.3 is 0 Å². The van der Waals surface area contributed by atoms with E-state index in [-0.39, 0.29) is 11.8 Å². The maximum Gasteiger partial charge on any atom is 0.259 e. The summed E-state index contributed by atoms with van der Waals surface area (Å²) in [5.74, 6) is 0.0421. The van der Waals surface area contributed by atoms with Crippen molar-refractivity contribution in [2.45, 2.75) is 18.8 Å². The Balaban J connectivity index is 1.46. The fourth-order valence-electron chi connectivity index (χ4n) is 3.24. The topological polar surface area (TPSA) is 71.2 Å². The van der Waals surface area contributed by atoms with E-state index in [0.29, 0.717) is 18.0 Å². The fraction of sp³-hybridized carbons (Fsp3) is 0.167. The Kier molecular flexibility index (Phi) is 5.77. The molecule has 6 nitrogen and oxygen atoms in total. The van der Waals surface area contributed by atoms with Crippen LogP contribution in [0.25, 0.3) is 0 Å². The Labute approximate surface area is 175 Å². The Morgan fingerprint density at radius 2 is 1.63 bits per heavy atom. The molecule has 0 aromatic heterocycles. The van der Waals surface area contributed by atoms with Crippen LogP contribution >= 0.6 is 0 Å². The molecule has 0 unspecified atom stereocenters. The molecule has 1 aliphatic heterocycles. The van der Waals surface area contributed by atoms with E-state index in [0.717, 1.165) is 11.3 Å². The summed E-state index contributed by atoms with van der Waals surface area (Å²) in [5, 5.41) is 2.78. The molecule has 0 aliphatic carbocycles. The second-order valence-corrected chi connectivity index (χ2v) is 6.94. The number of rotatable bonds is 7. The van der Waals surface area contributed by atoms with Crippen molar-refractivity contribution in [2.75, 3.05) is 17.3 Å². The van der Waals surface area contributed by atoms with Gasteiger partial charge in [0.25, 0.3) is 11.8 Å². The predicted octanol–water partition coefficient (Wildman–Crippen LogP) is 3.63. The number of carbonyl (C=O) groups excluding carboxylic acids is 2. The van der Waals surface area contributed by atoms with Gasteiger partial charge in [0.15, 0.2) is 12.2 Å². The van der Waals surface area contributed by atoms with Crippen molar-refractivity contribution in [1.82, 2.24) is 0 Å². The smallest absolute Gasteiger partial charge is 0.259 e. The van der Waals surface area contributed by atoms with Crippen LogP contribution in [0.3, 0.4) is 0 Å². The number of carbonyl (C=O) groups is 2. The molecular formula is C24H22N2O4. The first-order valence-electron chi connectivity index (χ1n) is 9.66. The molecule has 1 heterocycles. The van der Waals surface area contributed by atoms with Gasteiger partial charge in [0.1, 0.15) is 5.75 Å². The van der Waals surface area contributed by atoms with Gasteiger partial charge in [-0.25, -0.2) is 0 Å². The summed E-state index contributed by atoms with van der Waals surface area (Å²) in [4.78, 5) is 27.4. The van der Waals surface area contributed by atoms with Gasteiger partial charge in [-0.05, 0) is 29.8 Å². The Morgan fingerprint density at radius 1 is 0.933 bits per heavy atom. The van der Waals surface area contributed by atoms with E-state index in [2.05, 4.69) is 5.32 Å². The van der Waals surface area contributed by atoms with E-state index in [1.807, 2.05) is 60.7 Å². The van der Waals surface area contributed by atoms with Gasteiger partial charge in [-0.15, -0.1) is 0 Å². The minimum Gasteiger partial charge on any atom is -0.497 e. The summed E-state index contributed by atoms with van der Waals surface area (Å²) >= 11 is 0. The standard InChI is InChI=1S/C24H22N2O4/c1-29-20-14-8-11-18(15-20)25-23(27)21-22(30-21)24(28)26(19-12-6-3-7-13-19)16-17-9-4-2-5-10-17/h2-15,21-22H,16H2,1H3,(H,25,27)/t21-,22-/m0/s1. The summed E-state index contributed by atoms with van der Waals surface area (Å²) in [6.45, 7) is 0.397. The van der Waals surface area contributed by atoms with E-state index in [9.17, 15) is 9.59 Å². The summed E-state index contributed by atoms with van der Waals surface area (Å²) in [6.07, 6.45) is -1.62. The van der Waals surface area contributed by atoms with Crippen LogP contribution in [0.4, 0.5) is 11.4 Å². The number of amides is 2. The molecule has 0 bridgehead atoms. The Hall–Kier alpha value is -3.64. The second-order valence-electron chi connectivity index (χ2n) is 6.94. The number of anilines is 2. The molecule has 6 heteroatoms. The molecule has 30 heavy (non-hydrogen) atoms. The van der Waals surface area contributed by atoms with Crippen LogP contribution in [-0.4, -0.2) is 31.1 Å². The third kappa shape index (κ3) is 4.50. The van der Waals surface area contributed by atoms with Gasteiger partial charge in [-0.2, -0.15) is 0 Å². The number of benzene rings is 3. The number of methoxy groups -OCH3 is 1. The van der Waals surface area contributed by atoms with Crippen molar-refractivity contribution in [3.05, 3.63) is 90.5 Å². The van der Waals surface area contributed by atoms with Gasteiger partial charge in [0, 0.05) is 17.4 Å². The minimum absolute atomic E-state index is 0.240. The minimum atomic E-state index is -0.814. The summed E-state index contributed by atoms with van der Waals surface area (Å²) < 4.78 is 10.6. The van der Waals surface area contributed by atoms with Gasteiger partial charge in [-0.3, -0.25) is 9.59 Å². The zero-order valence-corrected chi connectivity index (χ0v) is 16.5. The van der Waals surface area contributed by atoms with Gasteiger partial charge in [0.2, 0.25) is 0 Å². The first-order chi connectivity index (χ1) is 14.7. The van der Waals surface area contributed by atoms with Crippen LogP contribution < -0.4 is 15.0 Å². The molecular weight excluding hydrogens is 380 g/mol. The van der Waals surface area contributed by atoms with E-state index >= 15 is 0 Å².